The summed E-state index contributed by atoms with van der Waals surface area (Å²) in [6, 6.07) is 0. The normalized spacial score (nSPS) is 24.1. The third-order valence-corrected chi connectivity index (χ3v) is 6.66. The van der Waals surface area contributed by atoms with Gasteiger partial charge in [0.25, 0.3) is 0 Å². The summed E-state index contributed by atoms with van der Waals surface area (Å²) in [5.74, 6) is 2.20. The predicted octanol–water partition coefficient (Wildman–Crippen LogP) is 4.98. The van der Waals surface area contributed by atoms with Crippen LogP contribution >= 0.6 is 7.34 Å². The fourth-order valence-corrected chi connectivity index (χ4v) is 4.98. The molecule has 0 saturated heterocycles. The van der Waals surface area contributed by atoms with Crippen LogP contribution in [0.5, 0.6) is 0 Å². The standard InChI is InChI=1S/C15H29O2P/c1-3-18(2,16-14-10-6-4-7-11-14)17-15-12-8-5-9-13-15/h3,14-15H,4-13H2,1-2H3. The van der Waals surface area contributed by atoms with E-state index < -0.39 is 7.34 Å². The van der Waals surface area contributed by atoms with Crippen molar-refractivity contribution in [2.45, 2.75) is 83.3 Å². The maximum absolute atomic E-state index is 6.36. The SMILES string of the molecule is CC=P(C)(OC1CCCCC1)OC1CCCCC1. The highest BCUT2D eigenvalue weighted by molar-refractivity contribution is 7.65. The van der Waals surface area contributed by atoms with Gasteiger partial charge in [-0.3, -0.25) is 0 Å². The zero-order valence-corrected chi connectivity index (χ0v) is 13.0. The summed E-state index contributed by atoms with van der Waals surface area (Å²) >= 11 is 0. The zero-order valence-electron chi connectivity index (χ0n) is 12.1. The van der Waals surface area contributed by atoms with E-state index in [2.05, 4.69) is 19.4 Å². The van der Waals surface area contributed by atoms with Crippen LogP contribution in [-0.2, 0) is 9.05 Å². The summed E-state index contributed by atoms with van der Waals surface area (Å²) in [5.41, 5.74) is 0. The zero-order chi connectivity index (χ0) is 12.8. The van der Waals surface area contributed by atoms with Gasteiger partial charge in [-0.1, -0.05) is 38.5 Å². The monoisotopic (exact) mass is 272 g/mol. The Morgan fingerprint density at radius 3 is 1.50 bits per heavy atom. The van der Waals surface area contributed by atoms with Crippen LogP contribution in [0.15, 0.2) is 0 Å². The summed E-state index contributed by atoms with van der Waals surface area (Å²) in [6.45, 7) is 4.32. The van der Waals surface area contributed by atoms with Crippen molar-refractivity contribution in [1.82, 2.24) is 0 Å². The van der Waals surface area contributed by atoms with Crippen molar-refractivity contribution in [2.75, 3.05) is 6.66 Å². The Labute approximate surface area is 113 Å². The average molecular weight is 272 g/mol. The molecule has 2 rings (SSSR count). The Kier molecular flexibility index (Phi) is 5.79. The minimum atomic E-state index is -1.71. The van der Waals surface area contributed by atoms with Crippen molar-refractivity contribution in [3.8, 4) is 0 Å². The highest BCUT2D eigenvalue weighted by Gasteiger charge is 2.25. The first-order chi connectivity index (χ1) is 8.72. The number of hydrogen-bond donors (Lipinski definition) is 0. The van der Waals surface area contributed by atoms with E-state index in [4.69, 9.17) is 9.05 Å². The van der Waals surface area contributed by atoms with Crippen LogP contribution < -0.4 is 0 Å². The second-order valence-corrected chi connectivity index (χ2v) is 8.65. The molecule has 2 aliphatic rings. The van der Waals surface area contributed by atoms with Gasteiger partial charge in [-0.25, -0.2) is 0 Å². The van der Waals surface area contributed by atoms with E-state index >= 15 is 0 Å². The van der Waals surface area contributed by atoms with E-state index in [0.717, 1.165) is 0 Å². The molecule has 0 spiro atoms. The van der Waals surface area contributed by atoms with E-state index in [9.17, 15) is 0 Å². The second-order valence-electron chi connectivity index (χ2n) is 5.90. The topological polar surface area (TPSA) is 18.5 Å². The van der Waals surface area contributed by atoms with Crippen LogP contribution in [0.25, 0.3) is 0 Å². The van der Waals surface area contributed by atoms with Gasteiger partial charge in [-0.05, 0) is 38.4 Å². The van der Waals surface area contributed by atoms with Gasteiger partial charge in [0.1, 0.15) is 7.34 Å². The van der Waals surface area contributed by atoms with E-state index in [1.807, 2.05) is 0 Å². The van der Waals surface area contributed by atoms with Crippen LogP contribution in [0.4, 0.5) is 0 Å². The molecule has 0 aliphatic heterocycles. The summed E-state index contributed by atoms with van der Waals surface area (Å²) in [6.07, 6.45) is 13.9. The smallest absolute Gasteiger partial charge is 0.117 e. The van der Waals surface area contributed by atoms with Gasteiger partial charge in [0, 0.05) is 6.66 Å². The van der Waals surface area contributed by atoms with Gasteiger partial charge in [0.05, 0.1) is 12.2 Å². The van der Waals surface area contributed by atoms with E-state index in [-0.39, 0.29) is 0 Å². The van der Waals surface area contributed by atoms with Gasteiger partial charge in [0.2, 0.25) is 0 Å². The fourth-order valence-electron chi connectivity index (χ4n) is 3.08. The number of hydrogen-bond acceptors (Lipinski definition) is 2. The third-order valence-electron chi connectivity index (χ3n) is 4.29. The molecule has 2 nitrogen and oxygen atoms in total. The molecule has 0 heterocycles. The van der Waals surface area contributed by atoms with Gasteiger partial charge in [0.15, 0.2) is 0 Å². The molecular formula is C15H29O2P. The van der Waals surface area contributed by atoms with Crippen LogP contribution in [0.2, 0.25) is 0 Å². The van der Waals surface area contributed by atoms with Crippen molar-refractivity contribution in [3.63, 3.8) is 0 Å². The molecule has 0 radical (unpaired) electrons. The molecule has 0 unspecified atom stereocenters. The van der Waals surface area contributed by atoms with Crippen LogP contribution in [-0.4, -0.2) is 24.7 Å². The maximum Gasteiger partial charge on any atom is 0.117 e. The number of rotatable bonds is 4. The minimum absolute atomic E-state index is 0.455. The van der Waals surface area contributed by atoms with Crippen molar-refractivity contribution in [1.29, 1.82) is 0 Å². The molecule has 0 N–H and O–H groups in total. The Morgan fingerprint density at radius 1 is 0.778 bits per heavy atom. The lowest BCUT2D eigenvalue weighted by Gasteiger charge is -2.34. The van der Waals surface area contributed by atoms with Crippen LogP contribution in [0.3, 0.4) is 0 Å². The average Bonchev–Trinajstić information content (AvgIpc) is 2.41. The van der Waals surface area contributed by atoms with Crippen molar-refractivity contribution < 1.29 is 9.05 Å². The molecule has 2 aliphatic carbocycles. The molecule has 2 saturated carbocycles. The molecule has 2 fully saturated rings. The predicted molar refractivity (Wildman–Crippen MR) is 80.5 cm³/mol. The molecular weight excluding hydrogens is 243 g/mol. The van der Waals surface area contributed by atoms with Gasteiger partial charge in [-0.15, -0.1) is 0 Å². The third kappa shape index (κ3) is 4.40. The quantitative estimate of drug-likeness (QED) is 0.672. The van der Waals surface area contributed by atoms with E-state index in [1.165, 1.54) is 64.2 Å². The molecule has 0 aromatic carbocycles. The maximum atomic E-state index is 6.36. The fraction of sp³-hybridized carbons (Fsp3) is 0.933. The Hall–Kier alpha value is 0.220. The summed E-state index contributed by atoms with van der Waals surface area (Å²) in [5, 5.41) is 0. The molecule has 0 bridgehead atoms. The molecule has 0 aromatic rings. The molecule has 106 valence electrons. The molecule has 18 heavy (non-hydrogen) atoms. The van der Waals surface area contributed by atoms with Crippen LogP contribution in [0.1, 0.15) is 71.1 Å². The van der Waals surface area contributed by atoms with Crippen molar-refractivity contribution in [3.05, 3.63) is 0 Å². The summed E-state index contributed by atoms with van der Waals surface area (Å²) in [4.78, 5) is 0. The molecule has 0 amide bonds. The highest BCUT2D eigenvalue weighted by Crippen LogP contribution is 2.50. The van der Waals surface area contributed by atoms with Gasteiger partial charge in [-0.2, -0.15) is 0 Å². The van der Waals surface area contributed by atoms with Gasteiger partial charge >= 0.3 is 0 Å². The summed E-state index contributed by atoms with van der Waals surface area (Å²) < 4.78 is 12.7. The summed E-state index contributed by atoms with van der Waals surface area (Å²) in [7, 11) is -1.71. The largest absolute Gasteiger partial charge is 0.334 e. The van der Waals surface area contributed by atoms with Crippen molar-refractivity contribution >= 4 is 13.1 Å². The lowest BCUT2D eigenvalue weighted by atomic mass is 9.98. The Morgan fingerprint density at radius 2 is 1.17 bits per heavy atom. The molecule has 0 atom stereocenters. The lowest BCUT2D eigenvalue weighted by Crippen LogP contribution is -2.20. The second kappa shape index (κ2) is 7.12. The molecule has 3 heteroatoms. The first-order valence-electron chi connectivity index (χ1n) is 7.75. The molecule has 0 aromatic heterocycles. The highest BCUT2D eigenvalue weighted by atomic mass is 31.2. The minimum Gasteiger partial charge on any atom is -0.334 e. The van der Waals surface area contributed by atoms with Crippen molar-refractivity contribution in [2.24, 2.45) is 0 Å². The van der Waals surface area contributed by atoms with E-state index in [0.29, 0.717) is 12.2 Å². The lowest BCUT2D eigenvalue weighted by molar-refractivity contribution is 0.102. The Bertz CT molecular complexity index is 265. The first kappa shape index (κ1) is 14.6. The first-order valence-corrected chi connectivity index (χ1v) is 9.89. The van der Waals surface area contributed by atoms with Crippen LogP contribution in [0, 0.1) is 0 Å². The van der Waals surface area contributed by atoms with Gasteiger partial charge < -0.3 is 9.05 Å². The Balaban J connectivity index is 1.87. The van der Waals surface area contributed by atoms with E-state index in [1.54, 1.807) is 0 Å².